The average molecular weight is 306 g/mol. The topological polar surface area (TPSA) is 12.9 Å². The summed E-state index contributed by atoms with van der Waals surface area (Å²) in [4.78, 5) is 4.52. The highest BCUT2D eigenvalue weighted by atomic mass is 35.5. The molecule has 0 saturated heterocycles. The first-order valence-corrected chi connectivity index (χ1v) is 7.01. The SMILES string of the molecule is Fc1ccccc1-c1nc2c(Cl)cccc2cc1CCl. The number of para-hydroxylation sites is 1. The molecule has 1 aromatic heterocycles. The number of hydrogen-bond donors (Lipinski definition) is 0. The Labute approximate surface area is 126 Å². The normalized spacial score (nSPS) is 10.9. The minimum atomic E-state index is -0.322. The predicted molar refractivity (Wildman–Crippen MR) is 81.7 cm³/mol. The molecule has 0 bridgehead atoms. The van der Waals surface area contributed by atoms with E-state index in [1.165, 1.54) is 6.07 Å². The lowest BCUT2D eigenvalue weighted by Crippen LogP contribution is -1.95. The lowest BCUT2D eigenvalue weighted by Gasteiger charge is -2.10. The second-order valence-corrected chi connectivity index (χ2v) is 5.10. The van der Waals surface area contributed by atoms with E-state index in [2.05, 4.69) is 4.98 Å². The second-order valence-electron chi connectivity index (χ2n) is 4.42. The van der Waals surface area contributed by atoms with Crippen LogP contribution in [0.3, 0.4) is 0 Å². The maximum atomic E-state index is 14.0. The Morgan fingerprint density at radius 3 is 2.60 bits per heavy atom. The lowest BCUT2D eigenvalue weighted by molar-refractivity contribution is 0.630. The molecule has 1 nitrogen and oxygen atoms in total. The minimum absolute atomic E-state index is 0.263. The number of alkyl halides is 1. The molecule has 3 rings (SSSR count). The Hall–Kier alpha value is -1.64. The number of aromatic nitrogens is 1. The molecule has 2 aromatic carbocycles. The number of benzene rings is 2. The van der Waals surface area contributed by atoms with Gasteiger partial charge in [0.1, 0.15) is 5.82 Å². The molecule has 0 unspecified atom stereocenters. The van der Waals surface area contributed by atoms with Crippen molar-refractivity contribution in [3.63, 3.8) is 0 Å². The molecular formula is C16H10Cl2FN. The van der Waals surface area contributed by atoms with Crippen molar-refractivity contribution in [1.29, 1.82) is 0 Å². The van der Waals surface area contributed by atoms with Gasteiger partial charge in [-0.05, 0) is 29.8 Å². The molecule has 4 heteroatoms. The zero-order valence-corrected chi connectivity index (χ0v) is 11.9. The predicted octanol–water partition coefficient (Wildman–Crippen LogP) is 5.43. The van der Waals surface area contributed by atoms with Crippen LogP contribution in [0.4, 0.5) is 4.39 Å². The third-order valence-corrected chi connectivity index (χ3v) is 3.74. The molecule has 0 radical (unpaired) electrons. The summed E-state index contributed by atoms with van der Waals surface area (Å²) in [6.07, 6.45) is 0. The largest absolute Gasteiger partial charge is 0.246 e. The van der Waals surface area contributed by atoms with Crippen molar-refractivity contribution in [2.45, 2.75) is 5.88 Å². The highest BCUT2D eigenvalue weighted by Crippen LogP contribution is 2.31. The highest BCUT2D eigenvalue weighted by Gasteiger charge is 2.13. The minimum Gasteiger partial charge on any atom is -0.246 e. The zero-order valence-electron chi connectivity index (χ0n) is 10.4. The van der Waals surface area contributed by atoms with E-state index in [-0.39, 0.29) is 11.7 Å². The molecule has 100 valence electrons. The summed E-state index contributed by atoms with van der Waals surface area (Å²) in [6.45, 7) is 0. The van der Waals surface area contributed by atoms with Crippen molar-refractivity contribution < 1.29 is 4.39 Å². The molecule has 0 aliphatic rings. The third-order valence-electron chi connectivity index (χ3n) is 3.15. The van der Waals surface area contributed by atoms with Crippen LogP contribution in [0.25, 0.3) is 22.2 Å². The summed E-state index contributed by atoms with van der Waals surface area (Å²) in [5.74, 6) is -0.0585. The van der Waals surface area contributed by atoms with Crippen LogP contribution in [0.15, 0.2) is 48.5 Å². The van der Waals surface area contributed by atoms with Gasteiger partial charge in [-0.15, -0.1) is 11.6 Å². The Bertz CT molecular complexity index is 787. The quantitative estimate of drug-likeness (QED) is 0.575. The van der Waals surface area contributed by atoms with Gasteiger partial charge in [0.2, 0.25) is 0 Å². The van der Waals surface area contributed by atoms with Crippen molar-refractivity contribution in [2.24, 2.45) is 0 Å². The maximum absolute atomic E-state index is 14.0. The summed E-state index contributed by atoms with van der Waals surface area (Å²) in [7, 11) is 0. The van der Waals surface area contributed by atoms with Gasteiger partial charge in [0.15, 0.2) is 0 Å². The fraction of sp³-hybridized carbons (Fsp3) is 0.0625. The van der Waals surface area contributed by atoms with E-state index < -0.39 is 0 Å². The van der Waals surface area contributed by atoms with E-state index in [4.69, 9.17) is 23.2 Å². The fourth-order valence-electron chi connectivity index (χ4n) is 2.19. The van der Waals surface area contributed by atoms with Gasteiger partial charge in [0.25, 0.3) is 0 Å². The summed E-state index contributed by atoms with van der Waals surface area (Å²) >= 11 is 12.1. The van der Waals surface area contributed by atoms with Gasteiger partial charge < -0.3 is 0 Å². The molecular weight excluding hydrogens is 296 g/mol. The Balaban J connectivity index is 2.34. The molecule has 0 aliphatic heterocycles. The molecule has 0 saturated carbocycles. The smallest absolute Gasteiger partial charge is 0.132 e. The molecule has 0 N–H and O–H groups in total. The van der Waals surface area contributed by atoms with Crippen molar-refractivity contribution in [3.8, 4) is 11.3 Å². The molecule has 0 amide bonds. The molecule has 0 spiro atoms. The van der Waals surface area contributed by atoms with Crippen molar-refractivity contribution in [1.82, 2.24) is 4.98 Å². The number of halogens is 3. The summed E-state index contributed by atoms with van der Waals surface area (Å²) in [5, 5.41) is 1.44. The first-order valence-electron chi connectivity index (χ1n) is 6.09. The average Bonchev–Trinajstić information content (AvgIpc) is 2.47. The van der Waals surface area contributed by atoms with E-state index in [0.29, 0.717) is 21.8 Å². The van der Waals surface area contributed by atoms with Crippen LogP contribution in [0.2, 0.25) is 5.02 Å². The van der Waals surface area contributed by atoms with Crippen LogP contribution < -0.4 is 0 Å². The van der Waals surface area contributed by atoms with Gasteiger partial charge in [-0.3, -0.25) is 0 Å². The van der Waals surface area contributed by atoms with E-state index in [1.807, 2.05) is 18.2 Å². The van der Waals surface area contributed by atoms with E-state index in [1.54, 1.807) is 24.3 Å². The number of rotatable bonds is 2. The Kier molecular flexibility index (Phi) is 3.60. The van der Waals surface area contributed by atoms with Crippen LogP contribution in [-0.4, -0.2) is 4.98 Å². The van der Waals surface area contributed by atoms with Gasteiger partial charge in [0, 0.05) is 16.8 Å². The Morgan fingerprint density at radius 2 is 1.85 bits per heavy atom. The molecule has 0 atom stereocenters. The highest BCUT2D eigenvalue weighted by molar-refractivity contribution is 6.35. The second kappa shape index (κ2) is 5.39. The van der Waals surface area contributed by atoms with Crippen molar-refractivity contribution >= 4 is 34.1 Å². The van der Waals surface area contributed by atoms with Crippen LogP contribution in [0, 0.1) is 5.82 Å². The first-order chi connectivity index (χ1) is 9.70. The monoisotopic (exact) mass is 305 g/mol. The van der Waals surface area contributed by atoms with Crippen LogP contribution in [0.5, 0.6) is 0 Å². The van der Waals surface area contributed by atoms with Crippen molar-refractivity contribution in [3.05, 3.63) is 64.9 Å². The number of fused-ring (bicyclic) bond motifs is 1. The number of pyridine rings is 1. The van der Waals surface area contributed by atoms with Gasteiger partial charge in [-0.1, -0.05) is 35.9 Å². The summed E-state index contributed by atoms with van der Waals surface area (Å²) in [5.41, 5.74) is 2.41. The molecule has 20 heavy (non-hydrogen) atoms. The van der Waals surface area contributed by atoms with Crippen molar-refractivity contribution in [2.75, 3.05) is 0 Å². The number of nitrogens with zero attached hydrogens (tertiary/aromatic N) is 1. The molecule has 1 heterocycles. The Morgan fingerprint density at radius 1 is 1.05 bits per heavy atom. The van der Waals surface area contributed by atoms with E-state index in [9.17, 15) is 4.39 Å². The maximum Gasteiger partial charge on any atom is 0.132 e. The van der Waals surface area contributed by atoms with Gasteiger partial charge in [0.05, 0.1) is 16.2 Å². The standard InChI is InChI=1S/C16H10Cl2FN/c17-9-11-8-10-4-3-6-13(18)16(10)20-15(11)12-5-1-2-7-14(12)19/h1-8H,9H2. The van der Waals surface area contributed by atoms with Gasteiger partial charge >= 0.3 is 0 Å². The molecule has 0 aliphatic carbocycles. The number of hydrogen-bond acceptors (Lipinski definition) is 1. The lowest BCUT2D eigenvalue weighted by atomic mass is 10.0. The first kappa shape index (κ1) is 13.3. The molecule has 0 fully saturated rings. The summed E-state index contributed by atoms with van der Waals surface area (Å²) in [6, 6.07) is 14.0. The van der Waals surface area contributed by atoms with E-state index in [0.717, 1.165) is 10.9 Å². The van der Waals surface area contributed by atoms with Crippen LogP contribution >= 0.6 is 23.2 Å². The van der Waals surface area contributed by atoms with Gasteiger partial charge in [-0.25, -0.2) is 9.37 Å². The van der Waals surface area contributed by atoms with Gasteiger partial charge in [-0.2, -0.15) is 0 Å². The fourth-order valence-corrected chi connectivity index (χ4v) is 2.62. The summed E-state index contributed by atoms with van der Waals surface area (Å²) < 4.78 is 14.0. The molecule has 3 aromatic rings. The van der Waals surface area contributed by atoms with E-state index >= 15 is 0 Å². The van der Waals surface area contributed by atoms with Crippen LogP contribution in [0.1, 0.15) is 5.56 Å². The zero-order chi connectivity index (χ0) is 14.1. The van der Waals surface area contributed by atoms with Crippen LogP contribution in [-0.2, 0) is 5.88 Å². The third kappa shape index (κ3) is 2.26.